The largest absolute Gasteiger partial charge is 0.481 e. The molecule has 1 aliphatic heterocycles. The normalized spacial score (nSPS) is 14.1. The Morgan fingerprint density at radius 3 is 2.89 bits per heavy atom. The molecule has 3 N–H and O–H groups in total. The molecule has 0 fully saturated rings. The first-order valence-electron chi connectivity index (χ1n) is 8.42. The van der Waals surface area contributed by atoms with Crippen LogP contribution in [0.1, 0.15) is 12.1 Å². The van der Waals surface area contributed by atoms with Gasteiger partial charge < -0.3 is 25.0 Å². The molecule has 0 spiro atoms. The summed E-state index contributed by atoms with van der Waals surface area (Å²) in [5.41, 5.74) is 3.49. The second-order valence-corrected chi connectivity index (χ2v) is 6.09. The van der Waals surface area contributed by atoms with Crippen LogP contribution in [0.4, 0.5) is 16.3 Å². The number of methoxy groups -OCH3 is 1. The summed E-state index contributed by atoms with van der Waals surface area (Å²) in [5.74, 6) is 1.20. The molecule has 3 aromatic rings. The van der Waals surface area contributed by atoms with Gasteiger partial charge in [-0.05, 0) is 24.1 Å². The number of ether oxygens (including phenoxy) is 1. The van der Waals surface area contributed by atoms with Gasteiger partial charge in [-0.15, -0.1) is 0 Å². The van der Waals surface area contributed by atoms with Crippen LogP contribution in [0.2, 0.25) is 0 Å². The summed E-state index contributed by atoms with van der Waals surface area (Å²) < 4.78 is 5.07. The molecule has 1 aliphatic rings. The van der Waals surface area contributed by atoms with E-state index in [1.54, 1.807) is 19.4 Å². The molecule has 138 valence electrons. The number of nitrogens with zero attached hydrogens (tertiary/aromatic N) is 4. The number of hydrogen-bond acceptors (Lipinski definition) is 6. The fraction of sp³-hybridized carbons (Fsp3) is 0.222. The van der Waals surface area contributed by atoms with Crippen molar-refractivity contribution in [2.24, 2.45) is 0 Å². The van der Waals surface area contributed by atoms with Crippen molar-refractivity contribution in [1.29, 1.82) is 0 Å². The van der Waals surface area contributed by atoms with Crippen LogP contribution in [0.15, 0.2) is 36.8 Å². The molecule has 0 saturated heterocycles. The van der Waals surface area contributed by atoms with Crippen molar-refractivity contribution in [1.82, 2.24) is 24.8 Å². The van der Waals surface area contributed by atoms with Crippen molar-refractivity contribution >= 4 is 34.2 Å². The van der Waals surface area contributed by atoms with Gasteiger partial charge in [0.15, 0.2) is 0 Å². The fourth-order valence-electron chi connectivity index (χ4n) is 3.01. The van der Waals surface area contributed by atoms with E-state index in [0.717, 1.165) is 22.3 Å². The number of anilines is 2. The number of aromatic nitrogens is 4. The van der Waals surface area contributed by atoms with Crippen LogP contribution in [-0.4, -0.2) is 56.2 Å². The average Bonchev–Trinajstić information content (AvgIpc) is 3.14. The van der Waals surface area contributed by atoms with Gasteiger partial charge in [-0.25, -0.2) is 19.7 Å². The zero-order chi connectivity index (χ0) is 18.8. The summed E-state index contributed by atoms with van der Waals surface area (Å²) in [4.78, 5) is 28.5. The zero-order valence-corrected chi connectivity index (χ0v) is 14.6. The van der Waals surface area contributed by atoms with E-state index in [-0.39, 0.29) is 0 Å². The molecule has 1 amide bonds. The van der Waals surface area contributed by atoms with Gasteiger partial charge >= 0.3 is 6.09 Å². The molecular weight excluding hydrogens is 348 g/mol. The van der Waals surface area contributed by atoms with E-state index in [0.29, 0.717) is 36.9 Å². The Hall–Kier alpha value is -3.62. The predicted molar refractivity (Wildman–Crippen MR) is 100 cm³/mol. The molecule has 27 heavy (non-hydrogen) atoms. The molecule has 3 aromatic heterocycles. The van der Waals surface area contributed by atoms with Gasteiger partial charge in [0.25, 0.3) is 0 Å². The van der Waals surface area contributed by atoms with Crippen LogP contribution in [0.3, 0.4) is 0 Å². The fourth-order valence-corrected chi connectivity index (χ4v) is 3.01. The van der Waals surface area contributed by atoms with Gasteiger partial charge in [0.2, 0.25) is 5.88 Å². The highest BCUT2D eigenvalue weighted by Crippen LogP contribution is 2.29. The molecule has 0 bridgehead atoms. The molecule has 0 unspecified atom stereocenters. The number of carboxylic acid groups (broad SMARTS) is 1. The first-order chi connectivity index (χ1) is 13.1. The maximum Gasteiger partial charge on any atom is 0.407 e. The van der Waals surface area contributed by atoms with Crippen molar-refractivity contribution in [3.05, 3.63) is 42.5 Å². The topological polar surface area (TPSA) is 116 Å². The molecule has 0 radical (unpaired) electrons. The van der Waals surface area contributed by atoms with Crippen molar-refractivity contribution < 1.29 is 14.6 Å². The second-order valence-electron chi connectivity index (χ2n) is 6.09. The Kier molecular flexibility index (Phi) is 4.33. The zero-order valence-electron chi connectivity index (χ0n) is 14.6. The Morgan fingerprint density at radius 1 is 1.33 bits per heavy atom. The summed E-state index contributed by atoms with van der Waals surface area (Å²) in [6.07, 6.45) is 4.84. The Morgan fingerprint density at radius 2 is 2.22 bits per heavy atom. The first kappa shape index (κ1) is 16.8. The molecule has 0 aliphatic carbocycles. The third-order valence-electron chi connectivity index (χ3n) is 4.46. The molecule has 4 heterocycles. The summed E-state index contributed by atoms with van der Waals surface area (Å²) in [5, 5.41) is 13.2. The quantitative estimate of drug-likeness (QED) is 0.650. The van der Waals surface area contributed by atoms with E-state index >= 15 is 0 Å². The molecule has 0 atom stereocenters. The molecule has 4 rings (SSSR count). The lowest BCUT2D eigenvalue weighted by Crippen LogP contribution is -2.33. The van der Waals surface area contributed by atoms with Crippen molar-refractivity contribution in [3.63, 3.8) is 0 Å². The number of hydrogen-bond donors (Lipinski definition) is 3. The minimum absolute atomic E-state index is 0.383. The third kappa shape index (κ3) is 3.39. The minimum Gasteiger partial charge on any atom is -0.481 e. The number of amides is 1. The number of pyridine rings is 1. The average molecular weight is 366 g/mol. The van der Waals surface area contributed by atoms with Gasteiger partial charge in [0.05, 0.1) is 24.4 Å². The smallest absolute Gasteiger partial charge is 0.407 e. The monoisotopic (exact) mass is 366 g/mol. The minimum atomic E-state index is -0.896. The number of fused-ring (bicyclic) bond motifs is 1. The second kappa shape index (κ2) is 6.94. The van der Waals surface area contributed by atoms with Crippen LogP contribution in [0.5, 0.6) is 5.88 Å². The Labute approximate surface area is 154 Å². The number of H-pyrrole nitrogens is 1. The lowest BCUT2D eigenvalue weighted by molar-refractivity contribution is 0.150. The van der Waals surface area contributed by atoms with Crippen molar-refractivity contribution in [2.75, 3.05) is 25.5 Å². The van der Waals surface area contributed by atoms with Crippen LogP contribution in [0, 0.1) is 0 Å². The van der Waals surface area contributed by atoms with E-state index in [4.69, 9.17) is 9.84 Å². The van der Waals surface area contributed by atoms with E-state index < -0.39 is 6.09 Å². The van der Waals surface area contributed by atoms with Gasteiger partial charge in [0.1, 0.15) is 17.8 Å². The van der Waals surface area contributed by atoms with E-state index in [2.05, 4.69) is 25.3 Å². The predicted octanol–water partition coefficient (Wildman–Crippen LogP) is 2.87. The highest BCUT2D eigenvalue weighted by atomic mass is 16.5. The Balaban J connectivity index is 1.61. The van der Waals surface area contributed by atoms with Crippen LogP contribution >= 0.6 is 0 Å². The highest BCUT2D eigenvalue weighted by Gasteiger charge is 2.18. The number of nitrogens with one attached hydrogen (secondary N) is 2. The van der Waals surface area contributed by atoms with E-state index in [9.17, 15) is 4.79 Å². The van der Waals surface area contributed by atoms with Gasteiger partial charge in [0, 0.05) is 24.8 Å². The van der Waals surface area contributed by atoms with Crippen molar-refractivity contribution in [3.8, 4) is 5.88 Å². The number of aromatic amines is 1. The molecular formula is C18H18N6O3. The molecule has 9 heteroatoms. The lowest BCUT2D eigenvalue weighted by atomic mass is 10.1. The number of carbonyl (C=O) groups is 1. The van der Waals surface area contributed by atoms with E-state index in [1.165, 1.54) is 11.2 Å². The van der Waals surface area contributed by atoms with Crippen molar-refractivity contribution in [2.45, 2.75) is 6.42 Å². The Bertz CT molecular complexity index is 1010. The van der Waals surface area contributed by atoms with Crippen LogP contribution in [0.25, 0.3) is 16.6 Å². The summed E-state index contributed by atoms with van der Waals surface area (Å²) >= 11 is 0. The maximum absolute atomic E-state index is 11.0. The maximum atomic E-state index is 11.0. The molecule has 0 aromatic carbocycles. The molecule has 9 nitrogen and oxygen atoms in total. The van der Waals surface area contributed by atoms with Crippen LogP contribution in [-0.2, 0) is 0 Å². The number of rotatable bonds is 4. The third-order valence-corrected chi connectivity index (χ3v) is 4.46. The molecule has 0 saturated carbocycles. The summed E-state index contributed by atoms with van der Waals surface area (Å²) in [7, 11) is 1.57. The SMILES string of the molecule is COc1ccc(Nc2ncnc3[nH]c(C4=CCN(C(=O)O)CC4)cc23)cn1. The van der Waals surface area contributed by atoms with Gasteiger partial charge in [-0.1, -0.05) is 6.08 Å². The first-order valence-corrected chi connectivity index (χ1v) is 8.42. The van der Waals surface area contributed by atoms with Crippen LogP contribution < -0.4 is 10.1 Å². The highest BCUT2D eigenvalue weighted by molar-refractivity contribution is 5.92. The summed E-state index contributed by atoms with van der Waals surface area (Å²) in [6.45, 7) is 0.860. The van der Waals surface area contributed by atoms with Gasteiger partial charge in [-0.3, -0.25) is 0 Å². The standard InChI is InChI=1S/C18H18N6O3/c1-27-15-3-2-12(9-19-15)22-16-13-8-14(23-17(13)21-10-20-16)11-4-6-24(7-5-11)18(25)26/h2-4,8-10H,5-7H2,1H3,(H,25,26)(H2,20,21,22,23). The summed E-state index contributed by atoms with van der Waals surface area (Å²) in [6, 6.07) is 5.61. The van der Waals surface area contributed by atoms with Gasteiger partial charge in [-0.2, -0.15) is 0 Å². The lowest BCUT2D eigenvalue weighted by Gasteiger charge is -2.23. The van der Waals surface area contributed by atoms with E-state index in [1.807, 2.05) is 18.2 Å².